The molecule has 0 aliphatic heterocycles. The largest absolute Gasteiger partial charge is 0.497 e. The van der Waals surface area contributed by atoms with E-state index in [-0.39, 0.29) is 23.4 Å². The summed E-state index contributed by atoms with van der Waals surface area (Å²) in [6, 6.07) is 7.21. The topological polar surface area (TPSA) is 66.4 Å². The molecule has 0 saturated heterocycles. The quantitative estimate of drug-likeness (QED) is 0.844. The molecule has 0 N–H and O–H groups in total. The van der Waals surface area contributed by atoms with Crippen LogP contribution in [-0.4, -0.2) is 28.2 Å². The van der Waals surface area contributed by atoms with E-state index in [2.05, 4.69) is 15.0 Å². The second-order valence-corrected chi connectivity index (χ2v) is 4.45. The molecule has 0 amide bonds. The molecule has 0 fully saturated rings. The molecule has 0 saturated carbocycles. The number of hydrogen-bond donors (Lipinski definition) is 0. The van der Waals surface area contributed by atoms with E-state index >= 15 is 0 Å². The third-order valence-corrected chi connectivity index (χ3v) is 2.35. The van der Waals surface area contributed by atoms with Gasteiger partial charge in [0.15, 0.2) is 0 Å². The van der Waals surface area contributed by atoms with Gasteiger partial charge in [0.1, 0.15) is 11.5 Å². The predicted octanol–water partition coefficient (Wildman–Crippen LogP) is 3.11. The van der Waals surface area contributed by atoms with Crippen molar-refractivity contribution < 1.29 is 14.2 Å². The van der Waals surface area contributed by atoms with Crippen molar-refractivity contribution in [3.05, 3.63) is 29.5 Å². The van der Waals surface area contributed by atoms with Crippen molar-refractivity contribution in [3.63, 3.8) is 0 Å². The highest BCUT2D eigenvalue weighted by Crippen LogP contribution is 2.23. The van der Waals surface area contributed by atoms with E-state index < -0.39 is 0 Å². The summed E-state index contributed by atoms with van der Waals surface area (Å²) < 4.78 is 15.9. The monoisotopic (exact) mass is 295 g/mol. The van der Waals surface area contributed by atoms with Crippen LogP contribution in [0.15, 0.2) is 24.3 Å². The standard InChI is InChI=1S/C13H14ClN3O3/c1-8(2)19-12-15-11(14)16-13(17-12)20-10-6-4-9(18-3)5-7-10/h4-8H,1-3H3. The van der Waals surface area contributed by atoms with Crippen molar-refractivity contribution in [2.75, 3.05) is 7.11 Å². The van der Waals surface area contributed by atoms with Gasteiger partial charge in [0, 0.05) is 0 Å². The molecule has 7 heteroatoms. The van der Waals surface area contributed by atoms with Gasteiger partial charge >= 0.3 is 12.0 Å². The maximum Gasteiger partial charge on any atom is 0.329 e. The summed E-state index contributed by atoms with van der Waals surface area (Å²) in [7, 11) is 1.59. The minimum Gasteiger partial charge on any atom is -0.497 e. The van der Waals surface area contributed by atoms with Gasteiger partial charge in [-0.15, -0.1) is 4.98 Å². The highest BCUT2D eigenvalue weighted by molar-refractivity contribution is 6.28. The van der Waals surface area contributed by atoms with Gasteiger partial charge in [-0.3, -0.25) is 0 Å². The van der Waals surface area contributed by atoms with E-state index in [1.165, 1.54) is 0 Å². The fourth-order valence-corrected chi connectivity index (χ4v) is 1.52. The van der Waals surface area contributed by atoms with Crippen molar-refractivity contribution >= 4 is 11.6 Å². The number of rotatable bonds is 5. The Hall–Kier alpha value is -2.08. The van der Waals surface area contributed by atoms with Crippen LogP contribution in [0.2, 0.25) is 5.28 Å². The lowest BCUT2D eigenvalue weighted by Crippen LogP contribution is -2.09. The molecule has 0 atom stereocenters. The predicted molar refractivity (Wildman–Crippen MR) is 73.7 cm³/mol. The summed E-state index contributed by atoms with van der Waals surface area (Å²) in [5.74, 6) is 1.29. The fourth-order valence-electron chi connectivity index (χ4n) is 1.37. The van der Waals surface area contributed by atoms with Gasteiger partial charge in [-0.1, -0.05) is 0 Å². The maximum absolute atomic E-state index is 5.81. The normalized spacial score (nSPS) is 10.4. The molecule has 2 aromatic rings. The van der Waals surface area contributed by atoms with Crippen molar-refractivity contribution in [1.82, 2.24) is 15.0 Å². The molecule has 20 heavy (non-hydrogen) atoms. The fraction of sp³-hybridized carbons (Fsp3) is 0.308. The molecule has 0 unspecified atom stereocenters. The Bertz CT molecular complexity index is 576. The number of aromatic nitrogens is 3. The molecule has 0 bridgehead atoms. The Morgan fingerprint density at radius 1 is 0.950 bits per heavy atom. The van der Waals surface area contributed by atoms with Gasteiger partial charge in [0.05, 0.1) is 13.2 Å². The number of ether oxygens (including phenoxy) is 3. The summed E-state index contributed by atoms with van der Waals surface area (Å²) in [6.07, 6.45) is -0.0673. The molecule has 1 heterocycles. The highest BCUT2D eigenvalue weighted by atomic mass is 35.5. The van der Waals surface area contributed by atoms with E-state index in [4.69, 9.17) is 25.8 Å². The zero-order valence-corrected chi connectivity index (χ0v) is 12.1. The summed E-state index contributed by atoms with van der Waals surface area (Å²) in [4.78, 5) is 11.8. The lowest BCUT2D eigenvalue weighted by atomic mass is 10.3. The first-order valence-corrected chi connectivity index (χ1v) is 6.35. The zero-order valence-electron chi connectivity index (χ0n) is 11.3. The molecule has 0 aliphatic carbocycles. The van der Waals surface area contributed by atoms with Crippen molar-refractivity contribution in [3.8, 4) is 23.5 Å². The number of halogens is 1. The number of methoxy groups -OCH3 is 1. The SMILES string of the molecule is COc1ccc(Oc2nc(Cl)nc(OC(C)C)n2)cc1. The van der Waals surface area contributed by atoms with E-state index in [1.54, 1.807) is 31.4 Å². The highest BCUT2D eigenvalue weighted by Gasteiger charge is 2.09. The minimum absolute atomic E-state index is 0.0131. The third kappa shape index (κ3) is 3.96. The van der Waals surface area contributed by atoms with Gasteiger partial charge < -0.3 is 14.2 Å². The molecule has 0 spiro atoms. The van der Waals surface area contributed by atoms with Crippen molar-refractivity contribution in [2.45, 2.75) is 20.0 Å². The smallest absolute Gasteiger partial charge is 0.329 e. The third-order valence-electron chi connectivity index (χ3n) is 2.18. The van der Waals surface area contributed by atoms with E-state index in [0.717, 1.165) is 5.75 Å². The molecule has 0 aliphatic rings. The van der Waals surface area contributed by atoms with Gasteiger partial charge in [0.2, 0.25) is 5.28 Å². The number of benzene rings is 1. The second-order valence-electron chi connectivity index (χ2n) is 4.11. The Morgan fingerprint density at radius 3 is 2.15 bits per heavy atom. The maximum atomic E-state index is 5.81. The molecular weight excluding hydrogens is 282 g/mol. The number of nitrogens with zero attached hydrogens (tertiary/aromatic N) is 3. The average molecular weight is 296 g/mol. The lowest BCUT2D eigenvalue weighted by molar-refractivity contribution is 0.218. The summed E-state index contributed by atoms with van der Waals surface area (Å²) >= 11 is 5.81. The van der Waals surface area contributed by atoms with Crippen molar-refractivity contribution in [1.29, 1.82) is 0 Å². The lowest BCUT2D eigenvalue weighted by Gasteiger charge is -2.09. The first-order valence-electron chi connectivity index (χ1n) is 5.97. The Kier molecular flexibility index (Phi) is 4.57. The van der Waals surface area contributed by atoms with Crippen LogP contribution in [0.1, 0.15) is 13.8 Å². The zero-order chi connectivity index (χ0) is 14.5. The van der Waals surface area contributed by atoms with Crippen LogP contribution in [0.25, 0.3) is 0 Å². The van der Waals surface area contributed by atoms with Crippen LogP contribution in [0.3, 0.4) is 0 Å². The Labute approximate surface area is 121 Å². The van der Waals surface area contributed by atoms with Gasteiger partial charge in [-0.05, 0) is 49.7 Å². The van der Waals surface area contributed by atoms with Crippen LogP contribution < -0.4 is 14.2 Å². The molecule has 106 valence electrons. The summed E-state index contributed by atoms with van der Waals surface area (Å²) in [6.45, 7) is 3.73. The van der Waals surface area contributed by atoms with Gasteiger partial charge in [-0.2, -0.15) is 9.97 Å². The van der Waals surface area contributed by atoms with Gasteiger partial charge in [-0.25, -0.2) is 0 Å². The average Bonchev–Trinajstić information content (AvgIpc) is 2.38. The van der Waals surface area contributed by atoms with Gasteiger partial charge in [0.25, 0.3) is 0 Å². The first kappa shape index (κ1) is 14.3. The molecule has 6 nitrogen and oxygen atoms in total. The Morgan fingerprint density at radius 2 is 1.55 bits per heavy atom. The van der Waals surface area contributed by atoms with Crippen LogP contribution in [-0.2, 0) is 0 Å². The van der Waals surface area contributed by atoms with Crippen LogP contribution in [0.5, 0.6) is 23.5 Å². The minimum atomic E-state index is -0.0673. The molecular formula is C13H14ClN3O3. The van der Waals surface area contributed by atoms with Crippen LogP contribution >= 0.6 is 11.6 Å². The van der Waals surface area contributed by atoms with Crippen LogP contribution in [0, 0.1) is 0 Å². The van der Waals surface area contributed by atoms with E-state index in [1.807, 2.05) is 13.8 Å². The Balaban J connectivity index is 2.17. The second kappa shape index (κ2) is 6.38. The van der Waals surface area contributed by atoms with E-state index in [0.29, 0.717) is 5.75 Å². The summed E-state index contributed by atoms with van der Waals surface area (Å²) in [5, 5.41) is 0.0131. The molecule has 2 rings (SSSR count). The summed E-state index contributed by atoms with van der Waals surface area (Å²) in [5.41, 5.74) is 0. The first-order chi connectivity index (χ1) is 9.56. The number of hydrogen-bond acceptors (Lipinski definition) is 6. The van der Waals surface area contributed by atoms with E-state index in [9.17, 15) is 0 Å². The molecule has 1 aromatic carbocycles. The molecule has 0 radical (unpaired) electrons. The van der Waals surface area contributed by atoms with Crippen LogP contribution in [0.4, 0.5) is 0 Å². The molecule has 1 aromatic heterocycles. The van der Waals surface area contributed by atoms with Crippen molar-refractivity contribution in [2.24, 2.45) is 0 Å².